The van der Waals surface area contributed by atoms with E-state index in [4.69, 9.17) is 9.47 Å². The van der Waals surface area contributed by atoms with E-state index in [0.29, 0.717) is 32.5 Å². The van der Waals surface area contributed by atoms with E-state index in [1.807, 2.05) is 19.1 Å². The molecule has 1 unspecified atom stereocenters. The van der Waals surface area contributed by atoms with Crippen LogP contribution >= 0.6 is 11.3 Å². The fourth-order valence-corrected chi connectivity index (χ4v) is 6.78. The molecule has 0 aliphatic carbocycles. The second-order valence-corrected chi connectivity index (χ2v) is 11.9. The third kappa shape index (κ3) is 4.36. The number of methoxy groups -OCH3 is 1. The van der Waals surface area contributed by atoms with Crippen LogP contribution in [0.3, 0.4) is 0 Å². The molecule has 1 spiro atoms. The van der Waals surface area contributed by atoms with Crippen molar-refractivity contribution in [3.63, 3.8) is 0 Å². The summed E-state index contributed by atoms with van der Waals surface area (Å²) >= 11 is 1.50. The Kier molecular flexibility index (Phi) is 6.23. The minimum Gasteiger partial charge on any atom is -0.380 e. The van der Waals surface area contributed by atoms with Crippen molar-refractivity contribution in [3.05, 3.63) is 27.3 Å². The molecule has 2 amide bonds. The standard InChI is InChI=1S/C21H29N3O6S2/c1-16-4-5-18(31-16)6-11-32(27,28)23-12-19(26)24-13-20(30-21(24,14-23)15-29-3)7-9-22(10-8-20)17(2)25/h4-6,11H,7-10,12-15H2,1-3H3/b11-6+. The van der Waals surface area contributed by atoms with E-state index in [0.717, 1.165) is 15.2 Å². The van der Waals surface area contributed by atoms with Crippen LogP contribution in [0.5, 0.6) is 0 Å². The van der Waals surface area contributed by atoms with Gasteiger partial charge in [0.25, 0.3) is 0 Å². The molecule has 1 aromatic rings. The third-order valence-electron chi connectivity index (χ3n) is 6.40. The van der Waals surface area contributed by atoms with E-state index in [9.17, 15) is 18.0 Å². The van der Waals surface area contributed by atoms with E-state index in [-0.39, 0.29) is 31.5 Å². The summed E-state index contributed by atoms with van der Waals surface area (Å²) in [6.45, 7) is 4.80. The lowest BCUT2D eigenvalue weighted by atomic mass is 9.91. The van der Waals surface area contributed by atoms with Crippen molar-refractivity contribution in [3.8, 4) is 0 Å². The van der Waals surface area contributed by atoms with Gasteiger partial charge in [-0.2, -0.15) is 4.31 Å². The van der Waals surface area contributed by atoms with Crippen molar-refractivity contribution < 1.29 is 27.5 Å². The number of rotatable bonds is 5. The van der Waals surface area contributed by atoms with Gasteiger partial charge in [0.1, 0.15) is 0 Å². The van der Waals surface area contributed by atoms with E-state index < -0.39 is 21.3 Å². The molecule has 0 bridgehead atoms. The molecule has 4 rings (SSSR count). The van der Waals surface area contributed by atoms with E-state index in [1.54, 1.807) is 22.8 Å². The van der Waals surface area contributed by atoms with Gasteiger partial charge < -0.3 is 19.3 Å². The number of piperazine rings is 1. The maximum Gasteiger partial charge on any atom is 0.240 e. The Morgan fingerprint density at radius 2 is 2.00 bits per heavy atom. The Morgan fingerprint density at radius 1 is 1.28 bits per heavy atom. The molecule has 1 aromatic heterocycles. The molecule has 32 heavy (non-hydrogen) atoms. The lowest BCUT2D eigenvalue weighted by molar-refractivity contribution is -0.197. The highest BCUT2D eigenvalue weighted by Gasteiger charge is 2.60. The van der Waals surface area contributed by atoms with E-state index in [1.165, 1.54) is 22.8 Å². The van der Waals surface area contributed by atoms with Gasteiger partial charge in [-0.15, -0.1) is 11.3 Å². The molecule has 3 aliphatic rings. The monoisotopic (exact) mass is 483 g/mol. The van der Waals surface area contributed by atoms with Crippen molar-refractivity contribution in [2.75, 3.05) is 46.4 Å². The first kappa shape index (κ1) is 23.4. The molecular formula is C21H29N3O6S2. The Bertz CT molecular complexity index is 1030. The number of hydrogen-bond donors (Lipinski definition) is 0. The third-order valence-corrected chi connectivity index (χ3v) is 8.82. The zero-order chi connectivity index (χ0) is 23.1. The molecule has 0 aromatic carbocycles. The van der Waals surface area contributed by atoms with Gasteiger partial charge >= 0.3 is 0 Å². The second kappa shape index (κ2) is 8.53. The van der Waals surface area contributed by atoms with E-state index in [2.05, 4.69) is 0 Å². The van der Waals surface area contributed by atoms with Crippen molar-refractivity contribution >= 4 is 39.3 Å². The highest BCUT2D eigenvalue weighted by atomic mass is 32.2. The van der Waals surface area contributed by atoms with Crippen LogP contribution in [0, 0.1) is 6.92 Å². The predicted molar refractivity (Wildman–Crippen MR) is 120 cm³/mol. The number of hydrogen-bond acceptors (Lipinski definition) is 7. The quantitative estimate of drug-likeness (QED) is 0.626. The van der Waals surface area contributed by atoms with Crippen LogP contribution in [0.25, 0.3) is 6.08 Å². The number of carbonyl (C=O) groups is 2. The largest absolute Gasteiger partial charge is 0.380 e. The summed E-state index contributed by atoms with van der Waals surface area (Å²) < 4.78 is 39.2. The molecule has 0 saturated carbocycles. The summed E-state index contributed by atoms with van der Waals surface area (Å²) in [6, 6.07) is 3.79. The van der Waals surface area contributed by atoms with Crippen LogP contribution in [-0.2, 0) is 29.1 Å². The minimum atomic E-state index is -3.84. The molecule has 0 radical (unpaired) electrons. The highest BCUT2D eigenvalue weighted by Crippen LogP contribution is 2.43. The number of ether oxygens (including phenoxy) is 2. The lowest BCUT2D eigenvalue weighted by Crippen LogP contribution is -2.65. The number of likely N-dealkylation sites (tertiary alicyclic amines) is 1. The molecule has 176 valence electrons. The Morgan fingerprint density at radius 3 is 2.59 bits per heavy atom. The average molecular weight is 484 g/mol. The maximum absolute atomic E-state index is 13.1. The van der Waals surface area contributed by atoms with Crippen molar-refractivity contribution in [1.29, 1.82) is 0 Å². The molecule has 3 aliphatic heterocycles. The summed E-state index contributed by atoms with van der Waals surface area (Å²) in [7, 11) is -2.33. The number of sulfonamides is 1. The Hall–Kier alpha value is -1.79. The number of fused-ring (bicyclic) bond motifs is 1. The van der Waals surface area contributed by atoms with Gasteiger partial charge in [-0.3, -0.25) is 9.59 Å². The van der Waals surface area contributed by atoms with Crippen LogP contribution < -0.4 is 0 Å². The first-order chi connectivity index (χ1) is 15.1. The van der Waals surface area contributed by atoms with E-state index >= 15 is 0 Å². The van der Waals surface area contributed by atoms with Crippen LogP contribution in [0.15, 0.2) is 17.5 Å². The molecule has 11 heteroatoms. The second-order valence-electron chi connectivity index (χ2n) is 8.71. The summed E-state index contributed by atoms with van der Waals surface area (Å²) in [5, 5.41) is 1.15. The average Bonchev–Trinajstić information content (AvgIpc) is 3.28. The fourth-order valence-electron chi connectivity index (χ4n) is 4.75. The van der Waals surface area contributed by atoms with Gasteiger partial charge in [0.15, 0.2) is 5.72 Å². The number of carbonyl (C=O) groups excluding carboxylic acids is 2. The summed E-state index contributed by atoms with van der Waals surface area (Å²) in [5.41, 5.74) is -1.78. The number of amides is 2. The smallest absolute Gasteiger partial charge is 0.240 e. The van der Waals surface area contributed by atoms with Crippen molar-refractivity contribution in [2.24, 2.45) is 0 Å². The molecule has 1 atom stereocenters. The number of aryl methyl sites for hydroxylation is 1. The zero-order valence-corrected chi connectivity index (χ0v) is 20.2. The van der Waals surface area contributed by atoms with Crippen LogP contribution in [0.2, 0.25) is 0 Å². The van der Waals surface area contributed by atoms with Gasteiger partial charge in [-0.25, -0.2) is 8.42 Å². The number of nitrogens with zero attached hydrogens (tertiary/aromatic N) is 3. The Balaban J connectivity index is 1.56. The first-order valence-corrected chi connectivity index (χ1v) is 12.9. The molecule has 4 heterocycles. The molecule has 3 fully saturated rings. The molecular weight excluding hydrogens is 454 g/mol. The summed E-state index contributed by atoms with van der Waals surface area (Å²) in [6.07, 6.45) is 2.74. The highest BCUT2D eigenvalue weighted by molar-refractivity contribution is 7.92. The topological polar surface area (TPSA) is 96.5 Å². The first-order valence-electron chi connectivity index (χ1n) is 10.6. The van der Waals surface area contributed by atoms with Crippen LogP contribution in [0.4, 0.5) is 0 Å². The van der Waals surface area contributed by atoms with Gasteiger partial charge in [0.2, 0.25) is 21.8 Å². The van der Waals surface area contributed by atoms with Gasteiger partial charge in [-0.05, 0) is 38.0 Å². The molecule has 9 nitrogen and oxygen atoms in total. The minimum absolute atomic E-state index is 0.000887. The Labute approximate surface area is 192 Å². The number of piperidine rings is 1. The summed E-state index contributed by atoms with van der Waals surface area (Å²) in [4.78, 5) is 30.1. The summed E-state index contributed by atoms with van der Waals surface area (Å²) in [5.74, 6) is -0.286. The van der Waals surface area contributed by atoms with Crippen LogP contribution in [-0.4, -0.2) is 92.1 Å². The van der Waals surface area contributed by atoms with Gasteiger partial charge in [0.05, 0.1) is 31.8 Å². The maximum atomic E-state index is 13.1. The number of thiophene rings is 1. The SMILES string of the molecule is COCC12CN(S(=O)(=O)/C=C/c3ccc(C)s3)CC(=O)N1CC1(CCN(C(C)=O)CC1)O2. The molecule has 3 saturated heterocycles. The lowest BCUT2D eigenvalue weighted by Gasteiger charge is -2.44. The predicted octanol–water partition coefficient (Wildman–Crippen LogP) is 1.26. The van der Waals surface area contributed by atoms with Gasteiger partial charge in [0, 0.05) is 42.3 Å². The van der Waals surface area contributed by atoms with Crippen molar-refractivity contribution in [2.45, 2.75) is 38.0 Å². The van der Waals surface area contributed by atoms with Crippen molar-refractivity contribution in [1.82, 2.24) is 14.1 Å². The van der Waals surface area contributed by atoms with Gasteiger partial charge in [-0.1, -0.05) is 0 Å². The zero-order valence-electron chi connectivity index (χ0n) is 18.6. The molecule has 0 N–H and O–H groups in total. The van der Waals surface area contributed by atoms with Crippen LogP contribution in [0.1, 0.15) is 29.5 Å². The normalized spacial score (nSPS) is 26.3. The fraction of sp³-hybridized carbons (Fsp3) is 0.619.